The van der Waals surface area contributed by atoms with Crippen molar-refractivity contribution in [3.05, 3.63) is 0 Å². The Morgan fingerprint density at radius 2 is 2.31 bits per heavy atom. The van der Waals surface area contributed by atoms with Crippen LogP contribution in [0.4, 0.5) is 0 Å². The predicted molar refractivity (Wildman–Crippen MR) is 57.6 cm³/mol. The molecule has 2 fully saturated rings. The molecule has 92 valence electrons. The minimum absolute atomic E-state index is 0.0131. The first kappa shape index (κ1) is 11.9. The molecule has 2 aliphatic rings. The lowest BCUT2D eigenvalue weighted by atomic mass is 9.66. The van der Waals surface area contributed by atoms with E-state index in [1.165, 1.54) is 0 Å². The van der Waals surface area contributed by atoms with Gasteiger partial charge in [-0.05, 0) is 24.7 Å². The highest BCUT2D eigenvalue weighted by Gasteiger charge is 2.50. The van der Waals surface area contributed by atoms with E-state index in [0.717, 1.165) is 12.8 Å². The van der Waals surface area contributed by atoms with Gasteiger partial charge in [0.15, 0.2) is 0 Å². The van der Waals surface area contributed by atoms with Gasteiger partial charge in [0.05, 0.1) is 18.6 Å². The highest BCUT2D eigenvalue weighted by molar-refractivity contribution is 5.74. The van der Waals surface area contributed by atoms with Crippen LogP contribution >= 0.6 is 0 Å². The van der Waals surface area contributed by atoms with Crippen LogP contribution in [0.2, 0.25) is 0 Å². The number of carbonyl (C=O) groups is 1. The van der Waals surface area contributed by atoms with Crippen molar-refractivity contribution in [3.8, 4) is 0 Å². The molecule has 1 saturated carbocycles. The summed E-state index contributed by atoms with van der Waals surface area (Å²) >= 11 is 0. The van der Waals surface area contributed by atoms with E-state index in [1.807, 2.05) is 13.8 Å². The molecule has 2 rings (SSSR count). The minimum atomic E-state index is -0.719. The Morgan fingerprint density at radius 1 is 1.62 bits per heavy atom. The molecule has 16 heavy (non-hydrogen) atoms. The van der Waals surface area contributed by atoms with E-state index in [9.17, 15) is 9.90 Å². The molecule has 0 spiro atoms. The van der Waals surface area contributed by atoms with Gasteiger partial charge in [0, 0.05) is 5.92 Å². The first-order valence-corrected chi connectivity index (χ1v) is 5.97. The van der Waals surface area contributed by atoms with Gasteiger partial charge in [0.2, 0.25) is 0 Å². The molecule has 1 saturated heterocycles. The number of carbonyl (C=O) groups excluding carboxylic acids is 1. The number of ether oxygens (including phenoxy) is 1. The predicted octanol–water partition coefficient (Wildman–Crippen LogP) is 0.707. The van der Waals surface area contributed by atoms with Gasteiger partial charge in [-0.1, -0.05) is 13.8 Å². The van der Waals surface area contributed by atoms with Crippen LogP contribution in [0.5, 0.6) is 0 Å². The maximum atomic E-state index is 11.5. The van der Waals surface area contributed by atoms with Crippen molar-refractivity contribution in [2.24, 2.45) is 17.3 Å². The molecule has 5 unspecified atom stereocenters. The third-order valence-corrected chi connectivity index (χ3v) is 4.45. The zero-order valence-electron chi connectivity index (χ0n) is 9.85. The molecular formula is C12H20O4. The Morgan fingerprint density at radius 3 is 2.94 bits per heavy atom. The molecule has 0 radical (unpaired) electrons. The molecule has 0 aromatic carbocycles. The van der Waals surface area contributed by atoms with Gasteiger partial charge in [0.25, 0.3) is 0 Å². The molecule has 0 aromatic rings. The largest absolute Gasteiger partial charge is 0.462 e. The Labute approximate surface area is 95.6 Å². The topological polar surface area (TPSA) is 66.8 Å². The standard InChI is InChI=1S/C12H20O4/c1-7-8-3-4-12(2,10(14)6-13)5-9(8)16-11(7)15/h7-10,13-14H,3-6H2,1-2H3. The minimum Gasteiger partial charge on any atom is -0.462 e. The number of esters is 1. The second-order valence-corrected chi connectivity index (χ2v) is 5.52. The molecule has 1 aliphatic carbocycles. The first-order valence-electron chi connectivity index (χ1n) is 5.97. The molecule has 4 nitrogen and oxygen atoms in total. The third kappa shape index (κ3) is 1.74. The van der Waals surface area contributed by atoms with Crippen molar-refractivity contribution in [3.63, 3.8) is 0 Å². The molecular weight excluding hydrogens is 208 g/mol. The molecule has 0 aromatic heterocycles. The summed E-state index contributed by atoms with van der Waals surface area (Å²) in [5, 5.41) is 18.8. The number of rotatable bonds is 2. The quantitative estimate of drug-likeness (QED) is 0.683. The van der Waals surface area contributed by atoms with Crippen LogP contribution in [-0.4, -0.2) is 35.0 Å². The number of fused-ring (bicyclic) bond motifs is 1. The van der Waals surface area contributed by atoms with E-state index in [4.69, 9.17) is 9.84 Å². The fourth-order valence-electron chi connectivity index (χ4n) is 3.05. The van der Waals surface area contributed by atoms with Gasteiger partial charge < -0.3 is 14.9 Å². The lowest BCUT2D eigenvalue weighted by molar-refractivity contribution is -0.146. The van der Waals surface area contributed by atoms with E-state index in [0.29, 0.717) is 12.3 Å². The van der Waals surface area contributed by atoms with E-state index < -0.39 is 6.10 Å². The Bertz CT molecular complexity index is 291. The first-order chi connectivity index (χ1) is 7.48. The van der Waals surface area contributed by atoms with Gasteiger partial charge in [0.1, 0.15) is 6.10 Å². The van der Waals surface area contributed by atoms with E-state index in [-0.39, 0.29) is 30.0 Å². The Balaban J connectivity index is 2.09. The SMILES string of the molecule is CC1C(=O)OC2CC(C)(C(O)CO)CCC21. The van der Waals surface area contributed by atoms with Crippen LogP contribution in [0.1, 0.15) is 33.1 Å². The molecule has 0 bridgehead atoms. The fourth-order valence-corrected chi connectivity index (χ4v) is 3.05. The molecule has 4 heteroatoms. The summed E-state index contributed by atoms with van der Waals surface area (Å²) in [4.78, 5) is 11.5. The summed E-state index contributed by atoms with van der Waals surface area (Å²) in [5.41, 5.74) is -0.319. The van der Waals surface area contributed by atoms with E-state index >= 15 is 0 Å². The van der Waals surface area contributed by atoms with Crippen molar-refractivity contribution < 1.29 is 19.7 Å². The fraction of sp³-hybridized carbons (Fsp3) is 0.917. The van der Waals surface area contributed by atoms with Gasteiger partial charge in [-0.2, -0.15) is 0 Å². The maximum absolute atomic E-state index is 11.5. The van der Waals surface area contributed by atoms with Gasteiger partial charge in [-0.25, -0.2) is 0 Å². The molecule has 5 atom stereocenters. The summed E-state index contributed by atoms with van der Waals surface area (Å²) in [7, 11) is 0. The lowest BCUT2D eigenvalue weighted by Crippen LogP contribution is -2.43. The Hall–Kier alpha value is -0.610. The van der Waals surface area contributed by atoms with Crippen molar-refractivity contribution in [2.45, 2.75) is 45.3 Å². The van der Waals surface area contributed by atoms with Crippen LogP contribution in [0.15, 0.2) is 0 Å². The second-order valence-electron chi connectivity index (χ2n) is 5.52. The lowest BCUT2D eigenvalue weighted by Gasteiger charge is -2.41. The number of hydrogen-bond donors (Lipinski definition) is 2. The highest BCUT2D eigenvalue weighted by Crippen LogP contribution is 2.47. The van der Waals surface area contributed by atoms with Crippen molar-refractivity contribution in [1.82, 2.24) is 0 Å². The van der Waals surface area contributed by atoms with Crippen LogP contribution < -0.4 is 0 Å². The van der Waals surface area contributed by atoms with Crippen LogP contribution in [-0.2, 0) is 9.53 Å². The van der Waals surface area contributed by atoms with Gasteiger partial charge in [-0.15, -0.1) is 0 Å². The summed E-state index contributed by atoms with van der Waals surface area (Å²) in [6, 6.07) is 0. The molecule has 0 amide bonds. The number of aliphatic hydroxyl groups is 2. The summed E-state index contributed by atoms with van der Waals surface area (Å²) in [5.74, 6) is 0.171. The maximum Gasteiger partial charge on any atom is 0.309 e. The Kier molecular flexibility index (Phi) is 2.97. The van der Waals surface area contributed by atoms with Gasteiger partial charge >= 0.3 is 5.97 Å². The van der Waals surface area contributed by atoms with Crippen molar-refractivity contribution >= 4 is 5.97 Å². The zero-order valence-corrected chi connectivity index (χ0v) is 9.85. The summed E-state index contributed by atoms with van der Waals surface area (Å²) in [6.45, 7) is 3.65. The smallest absolute Gasteiger partial charge is 0.309 e. The van der Waals surface area contributed by atoms with Crippen LogP contribution in [0.25, 0.3) is 0 Å². The van der Waals surface area contributed by atoms with E-state index in [1.54, 1.807) is 0 Å². The van der Waals surface area contributed by atoms with Gasteiger partial charge in [-0.3, -0.25) is 4.79 Å². The zero-order chi connectivity index (χ0) is 11.9. The highest BCUT2D eigenvalue weighted by atomic mass is 16.6. The summed E-state index contributed by atoms with van der Waals surface area (Å²) < 4.78 is 5.34. The molecule has 1 heterocycles. The van der Waals surface area contributed by atoms with E-state index in [2.05, 4.69) is 0 Å². The molecule has 2 N–H and O–H groups in total. The molecule has 1 aliphatic heterocycles. The average Bonchev–Trinajstić information content (AvgIpc) is 2.53. The number of hydrogen-bond acceptors (Lipinski definition) is 4. The van der Waals surface area contributed by atoms with Crippen molar-refractivity contribution in [2.75, 3.05) is 6.61 Å². The summed E-state index contributed by atoms with van der Waals surface area (Å²) in [6.07, 6.45) is 1.61. The number of aliphatic hydroxyl groups excluding tert-OH is 2. The second kappa shape index (κ2) is 4.00. The van der Waals surface area contributed by atoms with Crippen LogP contribution in [0.3, 0.4) is 0 Å². The third-order valence-electron chi connectivity index (χ3n) is 4.45. The average molecular weight is 228 g/mol. The van der Waals surface area contributed by atoms with Crippen LogP contribution in [0, 0.1) is 17.3 Å². The monoisotopic (exact) mass is 228 g/mol. The van der Waals surface area contributed by atoms with Crippen molar-refractivity contribution in [1.29, 1.82) is 0 Å². The normalized spacial score (nSPS) is 45.0.